The number of thiophene rings is 1. The van der Waals surface area contributed by atoms with Crippen molar-refractivity contribution < 1.29 is 4.42 Å². The predicted molar refractivity (Wildman–Crippen MR) is 236 cm³/mol. The molecular formula is C53H37NOS. The van der Waals surface area contributed by atoms with Crippen molar-refractivity contribution in [3.8, 4) is 22.3 Å². The fraction of sp³-hybridized carbons (Fsp3) is 0.0943. The Morgan fingerprint density at radius 2 is 0.964 bits per heavy atom. The summed E-state index contributed by atoms with van der Waals surface area (Å²) in [6.45, 7) is 7.10. The van der Waals surface area contributed by atoms with Crippen molar-refractivity contribution in [3.63, 3.8) is 0 Å². The Labute approximate surface area is 329 Å². The van der Waals surface area contributed by atoms with Crippen LogP contribution in [-0.2, 0) is 10.8 Å². The molecule has 10 aromatic rings. The second-order valence-electron chi connectivity index (χ2n) is 16.1. The van der Waals surface area contributed by atoms with Gasteiger partial charge in [-0.15, -0.1) is 11.3 Å². The van der Waals surface area contributed by atoms with E-state index < -0.39 is 0 Å². The van der Waals surface area contributed by atoms with Crippen LogP contribution in [0.5, 0.6) is 0 Å². The van der Waals surface area contributed by atoms with E-state index in [9.17, 15) is 0 Å². The van der Waals surface area contributed by atoms with Crippen molar-refractivity contribution in [2.24, 2.45) is 0 Å². The summed E-state index contributed by atoms with van der Waals surface area (Å²) in [7, 11) is 0. The van der Waals surface area contributed by atoms with Crippen LogP contribution in [0.3, 0.4) is 0 Å². The molecule has 2 aromatic heterocycles. The summed E-state index contributed by atoms with van der Waals surface area (Å²) in [5, 5.41) is 4.81. The summed E-state index contributed by atoms with van der Waals surface area (Å²) >= 11 is 1.86. The monoisotopic (exact) mass is 735 g/mol. The second kappa shape index (κ2) is 11.3. The van der Waals surface area contributed by atoms with Crippen LogP contribution in [0.2, 0.25) is 0 Å². The molecule has 8 aromatic carbocycles. The van der Waals surface area contributed by atoms with Gasteiger partial charge in [-0.1, -0.05) is 153 Å². The molecule has 3 heteroatoms. The lowest BCUT2D eigenvalue weighted by molar-refractivity contribution is 0.638. The Bertz CT molecular complexity index is 3220. The fourth-order valence-corrected chi connectivity index (χ4v) is 11.5. The Hall–Kier alpha value is -6.42. The highest BCUT2D eigenvalue weighted by molar-refractivity contribution is 7.26. The standard InChI is InChI=1S/C53H37NOS/c1-52(2)41-22-8-4-15-33(41)36-30-29-32(31-45(36)52)54(47-27-14-21-40-37-18-7-11-28-48(37)56-51(40)47)46-26-13-20-39-38-19-12-25-44(49(38)55-50(39)46)53(3)42-23-9-5-16-34(42)35-17-6-10-24-43(35)53/h4-31H,1-3H3. The fourth-order valence-electron chi connectivity index (χ4n) is 10.3. The number of hydrogen-bond acceptors (Lipinski definition) is 3. The molecule has 12 rings (SSSR count). The Morgan fingerprint density at radius 1 is 0.429 bits per heavy atom. The van der Waals surface area contributed by atoms with Crippen LogP contribution >= 0.6 is 11.3 Å². The summed E-state index contributed by atoms with van der Waals surface area (Å²) in [5.41, 5.74) is 16.4. The average Bonchev–Trinajstić information content (AvgIpc) is 3.95. The minimum absolute atomic E-state index is 0.138. The molecular weight excluding hydrogens is 699 g/mol. The first kappa shape index (κ1) is 31.9. The SMILES string of the molecule is CC1(C)c2ccccc2-c2ccc(N(c3cccc4c3oc3c(C5(C)c6ccccc6-c6ccccc65)cccc34)c3cccc4c3sc3ccccc34)cc21. The summed E-state index contributed by atoms with van der Waals surface area (Å²) in [5.74, 6) is 0. The molecule has 0 amide bonds. The number of fused-ring (bicyclic) bond motifs is 12. The van der Waals surface area contributed by atoms with Gasteiger partial charge in [0, 0.05) is 48.3 Å². The molecule has 0 atom stereocenters. The van der Waals surface area contributed by atoms with Gasteiger partial charge in [-0.05, 0) is 81.8 Å². The van der Waals surface area contributed by atoms with Gasteiger partial charge in [0.1, 0.15) is 5.58 Å². The molecule has 2 heterocycles. The molecule has 0 N–H and O–H groups in total. The topological polar surface area (TPSA) is 16.4 Å². The first-order valence-electron chi connectivity index (χ1n) is 19.5. The second-order valence-corrected chi connectivity index (χ2v) is 17.2. The lowest BCUT2D eigenvalue weighted by atomic mass is 9.74. The van der Waals surface area contributed by atoms with Crippen molar-refractivity contribution in [1.29, 1.82) is 0 Å². The van der Waals surface area contributed by atoms with Crippen LogP contribution in [-0.4, -0.2) is 0 Å². The van der Waals surface area contributed by atoms with Gasteiger partial charge in [-0.25, -0.2) is 0 Å². The van der Waals surface area contributed by atoms with Crippen LogP contribution in [0.25, 0.3) is 64.4 Å². The highest BCUT2D eigenvalue weighted by Gasteiger charge is 2.42. The third-order valence-corrected chi connectivity index (χ3v) is 14.2. The number of para-hydroxylation sites is 2. The van der Waals surface area contributed by atoms with E-state index in [2.05, 4.69) is 196 Å². The van der Waals surface area contributed by atoms with E-state index in [1.54, 1.807) is 0 Å². The van der Waals surface area contributed by atoms with E-state index in [1.807, 2.05) is 11.3 Å². The minimum atomic E-state index is -0.385. The van der Waals surface area contributed by atoms with E-state index >= 15 is 0 Å². The Balaban J connectivity index is 1.14. The van der Waals surface area contributed by atoms with Crippen LogP contribution < -0.4 is 4.90 Å². The molecule has 56 heavy (non-hydrogen) atoms. The molecule has 2 nitrogen and oxygen atoms in total. The van der Waals surface area contributed by atoms with Crippen molar-refractivity contribution in [2.45, 2.75) is 31.6 Å². The Morgan fingerprint density at radius 3 is 1.71 bits per heavy atom. The third kappa shape index (κ3) is 4.11. The maximum Gasteiger partial charge on any atom is 0.159 e. The highest BCUT2D eigenvalue weighted by atomic mass is 32.1. The minimum Gasteiger partial charge on any atom is -0.454 e. The molecule has 0 radical (unpaired) electrons. The van der Waals surface area contributed by atoms with E-state index in [-0.39, 0.29) is 10.8 Å². The van der Waals surface area contributed by atoms with Crippen molar-refractivity contribution in [1.82, 2.24) is 0 Å². The maximum absolute atomic E-state index is 7.36. The van der Waals surface area contributed by atoms with Gasteiger partial charge in [0.2, 0.25) is 0 Å². The molecule has 2 aliphatic carbocycles. The number of anilines is 3. The van der Waals surface area contributed by atoms with Gasteiger partial charge in [-0.3, -0.25) is 0 Å². The molecule has 0 unspecified atom stereocenters. The van der Waals surface area contributed by atoms with E-state index in [1.165, 1.54) is 70.2 Å². The number of benzene rings is 8. The lowest BCUT2D eigenvalue weighted by Crippen LogP contribution is -2.22. The van der Waals surface area contributed by atoms with Crippen molar-refractivity contribution >= 4 is 70.5 Å². The van der Waals surface area contributed by atoms with Gasteiger partial charge in [0.15, 0.2) is 5.58 Å². The van der Waals surface area contributed by atoms with Crippen LogP contribution in [0.4, 0.5) is 17.1 Å². The normalized spacial score (nSPS) is 14.6. The molecule has 266 valence electrons. The summed E-state index contributed by atoms with van der Waals surface area (Å²) in [4.78, 5) is 2.46. The lowest BCUT2D eigenvalue weighted by Gasteiger charge is -2.28. The van der Waals surface area contributed by atoms with Crippen LogP contribution in [0.15, 0.2) is 174 Å². The van der Waals surface area contributed by atoms with Gasteiger partial charge >= 0.3 is 0 Å². The maximum atomic E-state index is 7.36. The summed E-state index contributed by atoms with van der Waals surface area (Å²) in [6.07, 6.45) is 0. The zero-order chi connectivity index (χ0) is 37.3. The van der Waals surface area contributed by atoms with Gasteiger partial charge in [0.05, 0.1) is 16.1 Å². The summed E-state index contributed by atoms with van der Waals surface area (Å²) < 4.78 is 9.91. The largest absolute Gasteiger partial charge is 0.454 e. The van der Waals surface area contributed by atoms with E-state index in [4.69, 9.17) is 4.42 Å². The molecule has 0 fully saturated rings. The average molecular weight is 736 g/mol. The number of hydrogen-bond donors (Lipinski definition) is 0. The smallest absolute Gasteiger partial charge is 0.159 e. The van der Waals surface area contributed by atoms with Crippen molar-refractivity contribution in [2.75, 3.05) is 4.90 Å². The van der Waals surface area contributed by atoms with E-state index in [0.29, 0.717) is 0 Å². The first-order valence-corrected chi connectivity index (χ1v) is 20.3. The molecule has 0 aliphatic heterocycles. The highest BCUT2D eigenvalue weighted by Crippen LogP contribution is 2.56. The molecule has 0 spiro atoms. The van der Waals surface area contributed by atoms with E-state index in [0.717, 1.165) is 39.0 Å². The first-order chi connectivity index (χ1) is 27.4. The van der Waals surface area contributed by atoms with Crippen molar-refractivity contribution in [3.05, 3.63) is 198 Å². The molecule has 2 aliphatic rings. The Kier molecular flexibility index (Phi) is 6.44. The quantitative estimate of drug-likeness (QED) is 0.179. The number of rotatable bonds is 4. The van der Waals surface area contributed by atoms with Crippen LogP contribution in [0, 0.1) is 0 Å². The van der Waals surface area contributed by atoms with Gasteiger partial charge < -0.3 is 9.32 Å². The van der Waals surface area contributed by atoms with Crippen LogP contribution in [0.1, 0.15) is 48.6 Å². The molecule has 0 saturated heterocycles. The zero-order valence-electron chi connectivity index (χ0n) is 31.4. The zero-order valence-corrected chi connectivity index (χ0v) is 32.2. The molecule has 0 bridgehead atoms. The van der Waals surface area contributed by atoms with Gasteiger partial charge in [0.25, 0.3) is 0 Å². The summed E-state index contributed by atoms with van der Waals surface area (Å²) in [6, 6.07) is 62.7. The number of nitrogens with zero attached hydrogens (tertiary/aromatic N) is 1. The third-order valence-electron chi connectivity index (χ3n) is 13.0. The molecule has 0 saturated carbocycles. The number of furan rings is 1. The van der Waals surface area contributed by atoms with Gasteiger partial charge in [-0.2, -0.15) is 0 Å². The predicted octanol–water partition coefficient (Wildman–Crippen LogP) is 15.1.